The Morgan fingerprint density at radius 1 is 1.43 bits per heavy atom. The number of aromatic carboxylic acids is 1. The van der Waals surface area contributed by atoms with E-state index in [1.54, 1.807) is 0 Å². The van der Waals surface area contributed by atoms with Crippen LogP contribution < -0.4 is 5.56 Å². The Morgan fingerprint density at radius 3 is 2.86 bits per heavy atom. The number of rotatable bonds is 3. The summed E-state index contributed by atoms with van der Waals surface area (Å²) in [6.07, 6.45) is 1.49. The van der Waals surface area contributed by atoms with Crippen LogP contribution in [-0.2, 0) is 6.54 Å². The van der Waals surface area contributed by atoms with Crippen LogP contribution in [0.15, 0.2) is 16.5 Å². The minimum atomic E-state index is -1.07. The molecule has 3 heterocycles. The molecule has 0 saturated carbocycles. The van der Waals surface area contributed by atoms with Crippen molar-refractivity contribution in [2.24, 2.45) is 0 Å². The lowest BCUT2D eigenvalue weighted by molar-refractivity contribution is 0.0691. The van der Waals surface area contributed by atoms with Crippen molar-refractivity contribution in [2.45, 2.75) is 20.4 Å². The van der Waals surface area contributed by atoms with Gasteiger partial charge in [-0.3, -0.25) is 9.36 Å². The summed E-state index contributed by atoms with van der Waals surface area (Å²) in [7, 11) is 0. The molecule has 21 heavy (non-hydrogen) atoms. The third-order valence-corrected chi connectivity index (χ3v) is 5.18. The fourth-order valence-corrected chi connectivity index (χ4v) is 3.76. The first-order valence-corrected chi connectivity index (χ1v) is 7.80. The van der Waals surface area contributed by atoms with Gasteiger partial charge in [0.05, 0.1) is 18.3 Å². The Hall–Kier alpha value is -2.06. The summed E-state index contributed by atoms with van der Waals surface area (Å²) in [5.41, 5.74) is 0.834. The lowest BCUT2D eigenvalue weighted by Gasteiger charge is -2.02. The minimum Gasteiger partial charge on any atom is -0.476 e. The summed E-state index contributed by atoms with van der Waals surface area (Å²) in [5.74, 6) is -1.07. The van der Waals surface area contributed by atoms with E-state index in [1.807, 2.05) is 13.8 Å². The Morgan fingerprint density at radius 2 is 2.19 bits per heavy atom. The van der Waals surface area contributed by atoms with Gasteiger partial charge in [0.15, 0.2) is 5.69 Å². The van der Waals surface area contributed by atoms with Crippen molar-refractivity contribution in [3.05, 3.63) is 43.2 Å². The van der Waals surface area contributed by atoms with E-state index in [1.165, 1.54) is 38.9 Å². The Bertz CT molecular complexity index is 907. The van der Waals surface area contributed by atoms with E-state index >= 15 is 0 Å². The molecular formula is C13H11N3O3S2. The second kappa shape index (κ2) is 5.05. The lowest BCUT2D eigenvalue weighted by atomic mass is 10.2. The van der Waals surface area contributed by atoms with Crippen LogP contribution in [0.25, 0.3) is 10.2 Å². The normalized spacial score (nSPS) is 11.1. The monoisotopic (exact) mass is 321 g/mol. The molecule has 0 amide bonds. The van der Waals surface area contributed by atoms with Crippen LogP contribution in [0.4, 0.5) is 0 Å². The van der Waals surface area contributed by atoms with Crippen molar-refractivity contribution in [3.8, 4) is 0 Å². The molecule has 3 aromatic rings. The molecule has 1 N–H and O–H groups in total. The van der Waals surface area contributed by atoms with Gasteiger partial charge in [-0.25, -0.2) is 14.8 Å². The topological polar surface area (TPSA) is 85.1 Å². The first-order chi connectivity index (χ1) is 9.97. The van der Waals surface area contributed by atoms with Gasteiger partial charge in [0, 0.05) is 10.3 Å². The van der Waals surface area contributed by atoms with E-state index in [2.05, 4.69) is 9.97 Å². The fourth-order valence-electron chi connectivity index (χ4n) is 2.01. The highest BCUT2D eigenvalue weighted by Gasteiger charge is 2.14. The van der Waals surface area contributed by atoms with Crippen molar-refractivity contribution in [1.82, 2.24) is 14.5 Å². The van der Waals surface area contributed by atoms with E-state index in [0.29, 0.717) is 10.4 Å². The van der Waals surface area contributed by atoms with Crippen LogP contribution in [0.3, 0.4) is 0 Å². The average Bonchev–Trinajstić information content (AvgIpc) is 3.00. The van der Waals surface area contributed by atoms with Crippen molar-refractivity contribution < 1.29 is 9.90 Å². The summed E-state index contributed by atoms with van der Waals surface area (Å²) < 4.78 is 1.46. The molecule has 6 nitrogen and oxygen atoms in total. The molecule has 3 rings (SSSR count). The number of carboxylic acid groups (broad SMARTS) is 1. The van der Waals surface area contributed by atoms with Gasteiger partial charge in [-0.05, 0) is 19.4 Å². The van der Waals surface area contributed by atoms with E-state index in [9.17, 15) is 9.59 Å². The number of thiophene rings is 1. The van der Waals surface area contributed by atoms with Crippen LogP contribution in [0.1, 0.15) is 25.9 Å². The molecule has 0 unspecified atom stereocenters. The SMILES string of the molecule is Cc1sc2ncn(Cc3nc(C(=O)O)cs3)c(=O)c2c1C. The Labute approximate surface area is 127 Å². The highest BCUT2D eigenvalue weighted by atomic mass is 32.1. The van der Waals surface area contributed by atoms with E-state index in [0.717, 1.165) is 15.3 Å². The van der Waals surface area contributed by atoms with Gasteiger partial charge >= 0.3 is 5.97 Å². The molecule has 8 heteroatoms. The zero-order valence-corrected chi connectivity index (χ0v) is 12.9. The molecule has 0 aliphatic carbocycles. The maximum Gasteiger partial charge on any atom is 0.355 e. The Balaban J connectivity index is 2.04. The molecule has 0 radical (unpaired) electrons. The number of nitrogens with zero attached hydrogens (tertiary/aromatic N) is 3. The second-order valence-electron chi connectivity index (χ2n) is 4.57. The molecule has 108 valence electrons. The minimum absolute atomic E-state index is 0.000329. The number of aromatic nitrogens is 3. The third-order valence-electron chi connectivity index (χ3n) is 3.23. The largest absolute Gasteiger partial charge is 0.476 e. The summed E-state index contributed by atoms with van der Waals surface area (Å²) in [4.78, 5) is 33.4. The highest BCUT2D eigenvalue weighted by Crippen LogP contribution is 2.25. The maximum absolute atomic E-state index is 12.5. The number of hydrogen-bond acceptors (Lipinski definition) is 6. The van der Waals surface area contributed by atoms with Gasteiger partial charge in [-0.1, -0.05) is 0 Å². The number of carbonyl (C=O) groups is 1. The van der Waals surface area contributed by atoms with Gasteiger partial charge in [0.1, 0.15) is 9.84 Å². The van der Waals surface area contributed by atoms with Crippen LogP contribution in [-0.4, -0.2) is 25.6 Å². The van der Waals surface area contributed by atoms with E-state index in [-0.39, 0.29) is 17.8 Å². The highest BCUT2D eigenvalue weighted by molar-refractivity contribution is 7.18. The second-order valence-corrected chi connectivity index (χ2v) is 6.72. The van der Waals surface area contributed by atoms with Crippen LogP contribution in [0.5, 0.6) is 0 Å². The number of fused-ring (bicyclic) bond motifs is 1. The lowest BCUT2D eigenvalue weighted by Crippen LogP contribution is -2.21. The first-order valence-electron chi connectivity index (χ1n) is 6.10. The van der Waals surface area contributed by atoms with E-state index in [4.69, 9.17) is 5.11 Å². The molecule has 0 atom stereocenters. The van der Waals surface area contributed by atoms with E-state index < -0.39 is 5.97 Å². The van der Waals surface area contributed by atoms with Gasteiger partial charge in [0.2, 0.25) is 0 Å². The zero-order chi connectivity index (χ0) is 15.1. The quantitative estimate of drug-likeness (QED) is 0.800. The summed E-state index contributed by atoms with van der Waals surface area (Å²) in [6.45, 7) is 4.10. The fraction of sp³-hybridized carbons (Fsp3) is 0.231. The summed E-state index contributed by atoms with van der Waals surface area (Å²) >= 11 is 2.72. The number of hydrogen-bond donors (Lipinski definition) is 1. The molecule has 0 bridgehead atoms. The van der Waals surface area contributed by atoms with Gasteiger partial charge in [0.25, 0.3) is 5.56 Å². The van der Waals surface area contributed by atoms with Crippen LogP contribution >= 0.6 is 22.7 Å². The third kappa shape index (κ3) is 2.36. The standard InChI is InChI=1S/C13H11N3O3S2/c1-6-7(2)21-11-10(6)12(17)16(5-14-11)3-9-15-8(4-20-9)13(18)19/h4-5H,3H2,1-2H3,(H,18,19). The van der Waals surface area contributed by atoms with Gasteiger partial charge in [-0.15, -0.1) is 22.7 Å². The first kappa shape index (κ1) is 13.9. The predicted molar refractivity (Wildman–Crippen MR) is 81.5 cm³/mol. The molecule has 3 aromatic heterocycles. The molecule has 0 saturated heterocycles. The van der Waals surface area contributed by atoms with Crippen LogP contribution in [0.2, 0.25) is 0 Å². The average molecular weight is 321 g/mol. The maximum atomic E-state index is 12.5. The summed E-state index contributed by atoms with van der Waals surface area (Å²) in [5, 5.41) is 11.5. The molecule has 0 fully saturated rings. The van der Waals surface area contributed by atoms with Crippen LogP contribution in [0, 0.1) is 13.8 Å². The molecule has 0 aliphatic rings. The molecule has 0 spiro atoms. The van der Waals surface area contributed by atoms with Crippen molar-refractivity contribution >= 4 is 38.9 Å². The summed E-state index contributed by atoms with van der Waals surface area (Å²) in [6, 6.07) is 0. The molecule has 0 aromatic carbocycles. The van der Waals surface area contributed by atoms with Crippen molar-refractivity contribution in [3.63, 3.8) is 0 Å². The zero-order valence-electron chi connectivity index (χ0n) is 11.3. The van der Waals surface area contributed by atoms with Crippen molar-refractivity contribution in [1.29, 1.82) is 0 Å². The van der Waals surface area contributed by atoms with Gasteiger partial charge < -0.3 is 5.11 Å². The molecular weight excluding hydrogens is 310 g/mol. The Kier molecular flexibility index (Phi) is 3.34. The predicted octanol–water partition coefficient (Wildman–Crippen LogP) is 2.28. The van der Waals surface area contributed by atoms with Gasteiger partial charge in [-0.2, -0.15) is 0 Å². The smallest absolute Gasteiger partial charge is 0.355 e. The number of aryl methyl sites for hydroxylation is 2. The number of thiazole rings is 1. The molecule has 0 aliphatic heterocycles. The number of carboxylic acids is 1. The van der Waals surface area contributed by atoms with Crippen molar-refractivity contribution in [2.75, 3.05) is 0 Å².